The maximum atomic E-state index is 13.2. The molecule has 22 heavy (non-hydrogen) atoms. The molecule has 2 aliphatic rings. The van der Waals surface area contributed by atoms with E-state index in [-0.39, 0.29) is 5.82 Å². The number of benzene rings is 1. The molecule has 1 aromatic carbocycles. The van der Waals surface area contributed by atoms with Crippen molar-refractivity contribution in [1.29, 1.82) is 0 Å². The van der Waals surface area contributed by atoms with Gasteiger partial charge in [-0.15, -0.1) is 0 Å². The first kappa shape index (κ1) is 15.8. The molecule has 0 aromatic heterocycles. The van der Waals surface area contributed by atoms with Crippen LogP contribution in [-0.4, -0.2) is 25.2 Å². The molecule has 1 aromatic rings. The largest absolute Gasteiger partial charge is 0.370 e. The van der Waals surface area contributed by atoms with Crippen molar-refractivity contribution in [3.05, 3.63) is 30.1 Å². The molecular weight excluding hydrogens is 275 g/mol. The molecule has 3 rings (SSSR count). The third-order valence-corrected chi connectivity index (χ3v) is 5.38. The van der Waals surface area contributed by atoms with Gasteiger partial charge in [0.1, 0.15) is 5.82 Å². The summed E-state index contributed by atoms with van der Waals surface area (Å²) in [6.45, 7) is 4.44. The molecule has 1 heterocycles. The van der Waals surface area contributed by atoms with Gasteiger partial charge in [0.2, 0.25) is 0 Å². The number of nitrogens with zero attached hydrogens (tertiary/aromatic N) is 1. The van der Waals surface area contributed by atoms with Gasteiger partial charge in [0.15, 0.2) is 0 Å². The lowest BCUT2D eigenvalue weighted by atomic mass is 9.89. The number of hydrogen-bond acceptors (Lipinski definition) is 2. The van der Waals surface area contributed by atoms with Crippen LogP contribution in [0.2, 0.25) is 0 Å². The van der Waals surface area contributed by atoms with E-state index in [4.69, 9.17) is 0 Å². The lowest BCUT2D eigenvalue weighted by Crippen LogP contribution is -2.52. The zero-order valence-corrected chi connectivity index (χ0v) is 13.7. The molecular formula is C19H29FN2. The fraction of sp³-hybridized carbons (Fsp3) is 0.684. The standard InChI is InChI=1S/C19H29FN2/c1-2-15-12-18(21-17-6-4-3-5-7-17)14-22(13-15)19-10-8-16(20)9-11-19/h8-11,15,17-18,21H,2-7,12-14H2,1H3. The molecule has 0 amide bonds. The summed E-state index contributed by atoms with van der Waals surface area (Å²) in [6, 6.07) is 8.29. The number of hydrogen-bond donors (Lipinski definition) is 1. The highest BCUT2D eigenvalue weighted by atomic mass is 19.1. The zero-order valence-electron chi connectivity index (χ0n) is 13.7. The van der Waals surface area contributed by atoms with Crippen molar-refractivity contribution < 1.29 is 4.39 Å². The van der Waals surface area contributed by atoms with E-state index >= 15 is 0 Å². The predicted molar refractivity (Wildman–Crippen MR) is 90.8 cm³/mol. The highest BCUT2D eigenvalue weighted by Crippen LogP contribution is 2.27. The summed E-state index contributed by atoms with van der Waals surface area (Å²) in [5, 5.41) is 3.92. The summed E-state index contributed by atoms with van der Waals surface area (Å²) < 4.78 is 13.2. The SMILES string of the molecule is CCC1CC(NC2CCCCC2)CN(c2ccc(F)cc2)C1. The van der Waals surface area contributed by atoms with E-state index in [0.717, 1.165) is 24.7 Å². The van der Waals surface area contributed by atoms with Crippen LogP contribution in [0.1, 0.15) is 51.9 Å². The quantitative estimate of drug-likeness (QED) is 0.889. The highest BCUT2D eigenvalue weighted by molar-refractivity contribution is 5.47. The van der Waals surface area contributed by atoms with Crippen LogP contribution < -0.4 is 10.2 Å². The summed E-state index contributed by atoms with van der Waals surface area (Å²) >= 11 is 0. The van der Waals surface area contributed by atoms with Gasteiger partial charge in [0, 0.05) is 30.9 Å². The molecule has 3 heteroatoms. The Balaban J connectivity index is 1.65. The van der Waals surface area contributed by atoms with Crippen LogP contribution in [0.25, 0.3) is 0 Å². The molecule has 2 nitrogen and oxygen atoms in total. The van der Waals surface area contributed by atoms with Crippen LogP contribution in [0.5, 0.6) is 0 Å². The Morgan fingerprint density at radius 1 is 1.05 bits per heavy atom. The smallest absolute Gasteiger partial charge is 0.123 e. The van der Waals surface area contributed by atoms with Gasteiger partial charge >= 0.3 is 0 Å². The van der Waals surface area contributed by atoms with E-state index in [9.17, 15) is 4.39 Å². The third kappa shape index (κ3) is 4.01. The Morgan fingerprint density at radius 2 is 1.77 bits per heavy atom. The number of anilines is 1. The summed E-state index contributed by atoms with van der Waals surface area (Å²) in [6.07, 6.45) is 9.34. The average molecular weight is 304 g/mol. The molecule has 2 unspecified atom stereocenters. The fourth-order valence-electron chi connectivity index (χ4n) is 4.09. The van der Waals surface area contributed by atoms with Gasteiger partial charge < -0.3 is 10.2 Å². The lowest BCUT2D eigenvalue weighted by molar-refractivity contribution is 0.273. The maximum absolute atomic E-state index is 13.2. The molecule has 1 aliphatic carbocycles. The van der Waals surface area contributed by atoms with Gasteiger partial charge in [-0.3, -0.25) is 0 Å². The van der Waals surface area contributed by atoms with Crippen molar-refractivity contribution in [2.75, 3.05) is 18.0 Å². The molecule has 0 spiro atoms. The second kappa shape index (κ2) is 7.45. The van der Waals surface area contributed by atoms with Crippen molar-refractivity contribution in [3.63, 3.8) is 0 Å². The molecule has 0 radical (unpaired) electrons. The number of nitrogens with one attached hydrogen (secondary N) is 1. The number of piperidine rings is 1. The third-order valence-electron chi connectivity index (χ3n) is 5.38. The minimum atomic E-state index is -0.148. The first-order valence-corrected chi connectivity index (χ1v) is 9.01. The monoisotopic (exact) mass is 304 g/mol. The lowest BCUT2D eigenvalue weighted by Gasteiger charge is -2.41. The maximum Gasteiger partial charge on any atom is 0.123 e. The minimum absolute atomic E-state index is 0.148. The van der Waals surface area contributed by atoms with Gasteiger partial charge in [-0.25, -0.2) is 4.39 Å². The summed E-state index contributed by atoms with van der Waals surface area (Å²) in [5.41, 5.74) is 1.16. The minimum Gasteiger partial charge on any atom is -0.370 e. The first-order valence-electron chi connectivity index (χ1n) is 9.01. The van der Waals surface area contributed by atoms with Crippen molar-refractivity contribution in [3.8, 4) is 0 Å². The summed E-state index contributed by atoms with van der Waals surface area (Å²) in [7, 11) is 0. The van der Waals surface area contributed by atoms with Gasteiger partial charge in [-0.2, -0.15) is 0 Å². The van der Waals surface area contributed by atoms with Crippen molar-refractivity contribution in [2.24, 2.45) is 5.92 Å². The Morgan fingerprint density at radius 3 is 2.45 bits per heavy atom. The van der Waals surface area contributed by atoms with Gasteiger partial charge in [-0.05, 0) is 49.4 Å². The molecule has 0 bridgehead atoms. The number of rotatable bonds is 4. The Kier molecular flexibility index (Phi) is 5.35. The van der Waals surface area contributed by atoms with E-state index in [0.29, 0.717) is 12.1 Å². The van der Waals surface area contributed by atoms with Gasteiger partial charge in [0.05, 0.1) is 0 Å². The Hall–Kier alpha value is -1.09. The summed E-state index contributed by atoms with van der Waals surface area (Å²) in [4.78, 5) is 2.44. The average Bonchev–Trinajstić information content (AvgIpc) is 2.56. The van der Waals surface area contributed by atoms with Gasteiger partial charge in [-0.1, -0.05) is 32.6 Å². The van der Waals surface area contributed by atoms with E-state index in [1.807, 2.05) is 12.1 Å². The van der Waals surface area contributed by atoms with Crippen LogP contribution in [0.3, 0.4) is 0 Å². The van der Waals surface area contributed by atoms with Crippen LogP contribution in [0.15, 0.2) is 24.3 Å². The summed E-state index contributed by atoms with van der Waals surface area (Å²) in [5.74, 6) is 0.588. The van der Waals surface area contributed by atoms with Crippen LogP contribution in [0.4, 0.5) is 10.1 Å². The molecule has 2 atom stereocenters. The zero-order chi connectivity index (χ0) is 15.4. The Labute approximate surface area is 134 Å². The molecule has 1 aliphatic heterocycles. The van der Waals surface area contributed by atoms with Crippen LogP contribution in [-0.2, 0) is 0 Å². The molecule has 1 N–H and O–H groups in total. The molecule has 122 valence electrons. The van der Waals surface area contributed by atoms with E-state index in [2.05, 4.69) is 17.1 Å². The first-order chi connectivity index (χ1) is 10.7. The fourth-order valence-corrected chi connectivity index (χ4v) is 4.09. The van der Waals surface area contributed by atoms with E-state index < -0.39 is 0 Å². The van der Waals surface area contributed by atoms with Crippen molar-refractivity contribution in [2.45, 2.75) is 64.0 Å². The molecule has 1 saturated heterocycles. The topological polar surface area (TPSA) is 15.3 Å². The predicted octanol–water partition coefficient (Wildman–Crippen LogP) is 4.35. The van der Waals surface area contributed by atoms with Crippen molar-refractivity contribution >= 4 is 5.69 Å². The second-order valence-electron chi connectivity index (χ2n) is 7.09. The van der Waals surface area contributed by atoms with Gasteiger partial charge in [0.25, 0.3) is 0 Å². The van der Waals surface area contributed by atoms with E-state index in [1.165, 1.54) is 44.9 Å². The highest BCUT2D eigenvalue weighted by Gasteiger charge is 2.28. The van der Waals surface area contributed by atoms with E-state index in [1.54, 1.807) is 12.1 Å². The van der Waals surface area contributed by atoms with Crippen molar-refractivity contribution in [1.82, 2.24) is 5.32 Å². The molecule has 2 fully saturated rings. The normalized spacial score (nSPS) is 27.1. The van der Waals surface area contributed by atoms with Crippen LogP contribution >= 0.6 is 0 Å². The van der Waals surface area contributed by atoms with Crippen LogP contribution in [0, 0.1) is 11.7 Å². The molecule has 1 saturated carbocycles. The second-order valence-corrected chi connectivity index (χ2v) is 7.09. The number of halogens is 1. The Bertz CT molecular complexity index is 453.